The van der Waals surface area contributed by atoms with Crippen LogP contribution in [0.4, 0.5) is 0 Å². The predicted octanol–water partition coefficient (Wildman–Crippen LogP) is 14.1. The third kappa shape index (κ3) is 6.01. The molecule has 0 unspecified atom stereocenters. The van der Waals surface area contributed by atoms with Crippen LogP contribution in [0.25, 0.3) is 111 Å². The SMILES string of the molecule is c1ccc(-c2nc(-c3ccc(-c4ccc5ccccc5c4)cc3)nc(-c3ccc(-c4ccc5c(c4)oc4cccc(-c6ccc7ccccc7c6)c45)cc3)n2)cc1. The van der Waals surface area contributed by atoms with Crippen LogP contribution >= 0.6 is 0 Å². The third-order valence-electron chi connectivity index (χ3n) is 10.9. The molecule has 0 atom stereocenters. The summed E-state index contributed by atoms with van der Waals surface area (Å²) in [7, 11) is 0. The normalized spacial score (nSPS) is 11.5. The number of furan rings is 1. The minimum absolute atomic E-state index is 0.623. The second-order valence-corrected chi connectivity index (χ2v) is 14.4. The highest BCUT2D eigenvalue weighted by atomic mass is 16.3. The maximum atomic E-state index is 6.49. The summed E-state index contributed by atoms with van der Waals surface area (Å²) in [5, 5.41) is 7.15. The van der Waals surface area contributed by atoms with E-state index < -0.39 is 0 Å². The fourth-order valence-electron chi connectivity index (χ4n) is 7.95. The minimum Gasteiger partial charge on any atom is -0.456 e. The van der Waals surface area contributed by atoms with E-state index in [0.717, 1.165) is 55.3 Å². The Kier molecular flexibility index (Phi) is 7.78. The molecule has 11 aromatic rings. The number of hydrogen-bond donors (Lipinski definition) is 0. The zero-order valence-corrected chi connectivity index (χ0v) is 30.8. The lowest BCUT2D eigenvalue weighted by Gasteiger charge is -2.10. The van der Waals surface area contributed by atoms with Crippen LogP contribution in [0.5, 0.6) is 0 Å². The Bertz CT molecular complexity index is 3280. The van der Waals surface area contributed by atoms with E-state index in [0.29, 0.717) is 17.5 Å². The van der Waals surface area contributed by atoms with Crippen molar-refractivity contribution < 1.29 is 4.42 Å². The summed E-state index contributed by atoms with van der Waals surface area (Å²) in [6.07, 6.45) is 0. The summed E-state index contributed by atoms with van der Waals surface area (Å²) in [5.74, 6) is 1.89. The van der Waals surface area contributed by atoms with Crippen molar-refractivity contribution in [2.45, 2.75) is 0 Å². The smallest absolute Gasteiger partial charge is 0.164 e. The van der Waals surface area contributed by atoms with Gasteiger partial charge in [-0.2, -0.15) is 0 Å². The quantitative estimate of drug-likeness (QED) is 0.171. The molecule has 11 rings (SSSR count). The van der Waals surface area contributed by atoms with Gasteiger partial charge in [0.15, 0.2) is 17.5 Å². The molecule has 57 heavy (non-hydrogen) atoms. The highest BCUT2D eigenvalue weighted by molar-refractivity contribution is 6.13. The van der Waals surface area contributed by atoms with E-state index in [1.54, 1.807) is 0 Å². The Labute approximate surface area is 329 Å². The molecule has 0 amide bonds. The van der Waals surface area contributed by atoms with Gasteiger partial charge in [0.2, 0.25) is 0 Å². The zero-order valence-electron chi connectivity index (χ0n) is 30.8. The number of fused-ring (bicyclic) bond motifs is 5. The van der Waals surface area contributed by atoms with Crippen molar-refractivity contribution in [3.63, 3.8) is 0 Å². The van der Waals surface area contributed by atoms with Gasteiger partial charge < -0.3 is 4.42 Å². The van der Waals surface area contributed by atoms with E-state index in [4.69, 9.17) is 19.4 Å². The molecular formula is C53H33N3O. The Morgan fingerprint density at radius 3 is 1.35 bits per heavy atom. The monoisotopic (exact) mass is 727 g/mol. The van der Waals surface area contributed by atoms with Gasteiger partial charge in [-0.1, -0.05) is 170 Å². The molecule has 0 N–H and O–H groups in total. The Morgan fingerprint density at radius 2 is 0.737 bits per heavy atom. The van der Waals surface area contributed by atoms with Crippen molar-refractivity contribution in [2.75, 3.05) is 0 Å². The Hall–Kier alpha value is -7.69. The van der Waals surface area contributed by atoms with Gasteiger partial charge in [0.05, 0.1) is 0 Å². The van der Waals surface area contributed by atoms with Crippen LogP contribution < -0.4 is 0 Å². The molecule has 0 spiro atoms. The van der Waals surface area contributed by atoms with E-state index in [1.165, 1.54) is 38.2 Å². The lowest BCUT2D eigenvalue weighted by Crippen LogP contribution is -2.00. The summed E-state index contributed by atoms with van der Waals surface area (Å²) in [5.41, 5.74) is 11.3. The van der Waals surface area contributed by atoms with Crippen LogP contribution in [0.3, 0.4) is 0 Å². The molecule has 0 bridgehead atoms. The molecule has 4 heteroatoms. The molecule has 0 fully saturated rings. The van der Waals surface area contributed by atoms with Crippen molar-refractivity contribution in [1.82, 2.24) is 15.0 Å². The molecule has 0 saturated carbocycles. The second kappa shape index (κ2) is 13.6. The fourth-order valence-corrected chi connectivity index (χ4v) is 7.95. The lowest BCUT2D eigenvalue weighted by molar-refractivity contribution is 0.669. The van der Waals surface area contributed by atoms with E-state index in [9.17, 15) is 0 Å². The van der Waals surface area contributed by atoms with Crippen LogP contribution in [0.2, 0.25) is 0 Å². The fraction of sp³-hybridized carbons (Fsp3) is 0. The topological polar surface area (TPSA) is 51.8 Å². The van der Waals surface area contributed by atoms with Crippen LogP contribution in [-0.2, 0) is 0 Å². The lowest BCUT2D eigenvalue weighted by atomic mass is 9.96. The third-order valence-corrected chi connectivity index (χ3v) is 10.9. The first-order chi connectivity index (χ1) is 28.2. The van der Waals surface area contributed by atoms with Gasteiger partial charge in [0.25, 0.3) is 0 Å². The molecule has 4 nitrogen and oxygen atoms in total. The van der Waals surface area contributed by atoms with E-state index >= 15 is 0 Å². The molecule has 0 aliphatic heterocycles. The molecule has 0 radical (unpaired) electrons. The van der Waals surface area contributed by atoms with Crippen molar-refractivity contribution >= 4 is 43.5 Å². The van der Waals surface area contributed by atoms with E-state index in [-0.39, 0.29) is 0 Å². The molecule has 266 valence electrons. The summed E-state index contributed by atoms with van der Waals surface area (Å²) in [4.78, 5) is 15.0. The van der Waals surface area contributed by atoms with Crippen LogP contribution in [-0.4, -0.2) is 15.0 Å². The van der Waals surface area contributed by atoms with Crippen LogP contribution in [0.1, 0.15) is 0 Å². The van der Waals surface area contributed by atoms with Crippen LogP contribution in [0, 0.1) is 0 Å². The number of hydrogen-bond acceptors (Lipinski definition) is 4. The summed E-state index contributed by atoms with van der Waals surface area (Å²) in [6.45, 7) is 0. The Balaban J connectivity index is 0.929. The van der Waals surface area contributed by atoms with Gasteiger partial charge in [0, 0.05) is 27.5 Å². The van der Waals surface area contributed by atoms with Crippen molar-refractivity contribution in [1.29, 1.82) is 0 Å². The first-order valence-electron chi connectivity index (χ1n) is 19.2. The van der Waals surface area contributed by atoms with Gasteiger partial charge in [-0.25, -0.2) is 15.0 Å². The number of benzene rings is 9. The molecular weight excluding hydrogens is 695 g/mol. The Morgan fingerprint density at radius 1 is 0.281 bits per heavy atom. The molecule has 0 saturated heterocycles. The molecule has 0 aliphatic rings. The number of aromatic nitrogens is 3. The highest BCUT2D eigenvalue weighted by Crippen LogP contribution is 2.39. The molecule has 2 heterocycles. The van der Waals surface area contributed by atoms with Crippen molar-refractivity contribution in [2.24, 2.45) is 0 Å². The summed E-state index contributed by atoms with van der Waals surface area (Å²) < 4.78 is 6.49. The van der Waals surface area contributed by atoms with Gasteiger partial charge in [-0.15, -0.1) is 0 Å². The van der Waals surface area contributed by atoms with Crippen LogP contribution in [0.15, 0.2) is 205 Å². The van der Waals surface area contributed by atoms with E-state index in [1.807, 2.05) is 30.3 Å². The van der Waals surface area contributed by atoms with Gasteiger partial charge >= 0.3 is 0 Å². The average molecular weight is 728 g/mol. The summed E-state index contributed by atoms with van der Waals surface area (Å²) >= 11 is 0. The maximum absolute atomic E-state index is 6.49. The second-order valence-electron chi connectivity index (χ2n) is 14.4. The highest BCUT2D eigenvalue weighted by Gasteiger charge is 2.16. The zero-order chi connectivity index (χ0) is 37.7. The predicted molar refractivity (Wildman–Crippen MR) is 235 cm³/mol. The van der Waals surface area contributed by atoms with Gasteiger partial charge in [-0.05, 0) is 85.3 Å². The summed E-state index contributed by atoms with van der Waals surface area (Å²) in [6, 6.07) is 70.0. The van der Waals surface area contributed by atoms with Crippen molar-refractivity contribution in [3.05, 3.63) is 200 Å². The van der Waals surface area contributed by atoms with E-state index in [2.05, 4.69) is 170 Å². The standard InChI is InChI=1S/C53H33N3O/c1-2-11-38(12-3-1)51-54-52(39-23-17-36(18-24-39)43-27-21-34-9-4-6-13-41(34)31-43)56-53(55-51)40-25-19-37(20-26-40)44-29-30-47-49(33-44)57-48-16-8-15-46(50(47)48)45-28-22-35-10-5-7-14-42(35)32-45/h1-33H. The largest absolute Gasteiger partial charge is 0.456 e. The number of rotatable bonds is 6. The van der Waals surface area contributed by atoms with Crippen molar-refractivity contribution in [3.8, 4) is 67.5 Å². The molecule has 9 aromatic carbocycles. The van der Waals surface area contributed by atoms with Gasteiger partial charge in [0.1, 0.15) is 11.2 Å². The molecule has 0 aliphatic carbocycles. The average Bonchev–Trinajstić information content (AvgIpc) is 3.67. The maximum Gasteiger partial charge on any atom is 0.164 e. The first-order valence-corrected chi connectivity index (χ1v) is 19.2. The first kappa shape index (κ1) is 32.7. The minimum atomic E-state index is 0.623. The van der Waals surface area contributed by atoms with Gasteiger partial charge in [-0.3, -0.25) is 0 Å². The number of nitrogens with zero attached hydrogens (tertiary/aromatic N) is 3. The molecule has 2 aromatic heterocycles.